The van der Waals surface area contributed by atoms with Gasteiger partial charge < -0.3 is 10.7 Å². The average Bonchev–Trinajstić information content (AvgIpc) is 2.47. The molecule has 0 aliphatic heterocycles. The predicted octanol–water partition coefficient (Wildman–Crippen LogP) is 3.10. The number of hydrogen-bond acceptors (Lipinski definition) is 5. The molecule has 5 nitrogen and oxygen atoms in total. The summed E-state index contributed by atoms with van der Waals surface area (Å²) in [6.45, 7) is 0. The van der Waals surface area contributed by atoms with E-state index in [9.17, 15) is 4.79 Å². The Hall–Kier alpha value is -1.57. The molecule has 1 heterocycles. The molecule has 0 bridgehead atoms. The summed E-state index contributed by atoms with van der Waals surface area (Å²) in [7, 11) is 0. The number of nitrogens with zero attached hydrogens (tertiary/aromatic N) is 1. The van der Waals surface area contributed by atoms with Crippen LogP contribution in [0.1, 0.15) is 10.4 Å². The number of nitrogens with one attached hydrogen (secondary N) is 2. The van der Waals surface area contributed by atoms with Gasteiger partial charge in [-0.3, -0.25) is 4.79 Å². The minimum atomic E-state index is -0.273. The van der Waals surface area contributed by atoms with Gasteiger partial charge in [-0.1, -0.05) is 6.07 Å². The second-order valence-electron chi connectivity index (χ2n) is 3.88. The van der Waals surface area contributed by atoms with Crippen LogP contribution in [-0.2, 0) is 0 Å². The maximum absolute atomic E-state index is 12.3. The molecule has 7 heteroatoms. The number of anilines is 2. The van der Waals surface area contributed by atoms with Crippen molar-refractivity contribution in [2.24, 2.45) is 5.84 Å². The van der Waals surface area contributed by atoms with E-state index in [-0.39, 0.29) is 5.91 Å². The Bertz CT molecular complexity index is 636. The van der Waals surface area contributed by atoms with Gasteiger partial charge in [-0.2, -0.15) is 0 Å². The van der Waals surface area contributed by atoms with Crippen LogP contribution in [0.3, 0.4) is 0 Å². The Morgan fingerprint density at radius 1 is 1.40 bits per heavy atom. The molecule has 1 aromatic heterocycles. The second-order valence-corrected chi connectivity index (χ2v) is 5.68. The highest BCUT2D eigenvalue weighted by Gasteiger charge is 2.13. The first kappa shape index (κ1) is 14.8. The van der Waals surface area contributed by atoms with Crippen LogP contribution in [0.4, 0.5) is 11.5 Å². The molecule has 4 N–H and O–H groups in total. The first-order valence-electron chi connectivity index (χ1n) is 5.71. The summed E-state index contributed by atoms with van der Waals surface area (Å²) >= 11 is 4.90. The van der Waals surface area contributed by atoms with Gasteiger partial charge in [0.15, 0.2) is 5.82 Å². The number of hydrogen-bond donors (Lipinski definition) is 3. The Labute approximate surface area is 129 Å². The Morgan fingerprint density at radius 3 is 2.90 bits per heavy atom. The standard InChI is InChI=1S/C13H13BrN4OS/c1-20-10-4-2-3-9(6-10)17-13(19)11-5-8(14)7-16-12(11)18-15/h2-7H,15H2,1H3,(H,16,18)(H,17,19). The largest absolute Gasteiger partial charge is 0.322 e. The minimum Gasteiger partial charge on any atom is -0.322 e. The average molecular weight is 353 g/mol. The van der Waals surface area contributed by atoms with Crippen molar-refractivity contribution in [3.05, 3.63) is 46.6 Å². The lowest BCUT2D eigenvalue weighted by Gasteiger charge is -2.10. The molecule has 0 aliphatic carbocycles. The zero-order valence-electron chi connectivity index (χ0n) is 10.7. The van der Waals surface area contributed by atoms with Crippen LogP contribution < -0.4 is 16.6 Å². The number of rotatable bonds is 4. The number of pyridine rings is 1. The summed E-state index contributed by atoms with van der Waals surface area (Å²) in [5.74, 6) is 5.42. The quantitative estimate of drug-likeness (QED) is 0.447. The number of amides is 1. The van der Waals surface area contributed by atoms with E-state index in [0.717, 1.165) is 10.6 Å². The monoisotopic (exact) mass is 352 g/mol. The highest BCUT2D eigenvalue weighted by atomic mass is 79.9. The number of carbonyl (C=O) groups is 1. The molecule has 0 radical (unpaired) electrons. The minimum absolute atomic E-state index is 0.273. The first-order chi connectivity index (χ1) is 9.63. The molecular formula is C13H13BrN4OS. The van der Waals surface area contributed by atoms with Crippen LogP contribution in [0.2, 0.25) is 0 Å². The molecule has 0 spiro atoms. The summed E-state index contributed by atoms with van der Waals surface area (Å²) < 4.78 is 0.708. The lowest BCUT2D eigenvalue weighted by atomic mass is 10.2. The zero-order chi connectivity index (χ0) is 14.5. The number of hydrazine groups is 1. The number of benzene rings is 1. The van der Waals surface area contributed by atoms with Gasteiger partial charge in [-0.25, -0.2) is 10.8 Å². The molecule has 0 atom stereocenters. The molecule has 0 aliphatic rings. The number of nitrogen functional groups attached to an aromatic ring is 1. The Kier molecular flexibility index (Phi) is 4.99. The van der Waals surface area contributed by atoms with E-state index in [1.54, 1.807) is 24.0 Å². The van der Waals surface area contributed by atoms with Gasteiger partial charge in [0.25, 0.3) is 5.91 Å². The fourth-order valence-corrected chi connectivity index (χ4v) is 2.42. The molecule has 1 amide bonds. The van der Waals surface area contributed by atoms with Crippen LogP contribution in [0, 0.1) is 0 Å². The Balaban J connectivity index is 2.25. The Morgan fingerprint density at radius 2 is 2.20 bits per heavy atom. The number of carbonyl (C=O) groups excluding carboxylic acids is 1. The summed E-state index contributed by atoms with van der Waals surface area (Å²) in [5, 5.41) is 2.83. The van der Waals surface area contributed by atoms with Crippen LogP contribution in [-0.4, -0.2) is 17.1 Å². The lowest BCUT2D eigenvalue weighted by molar-refractivity contribution is 0.102. The van der Waals surface area contributed by atoms with Crippen LogP contribution in [0.25, 0.3) is 0 Å². The van der Waals surface area contributed by atoms with Crippen LogP contribution in [0.15, 0.2) is 45.9 Å². The van der Waals surface area contributed by atoms with E-state index >= 15 is 0 Å². The summed E-state index contributed by atoms with van der Waals surface area (Å²) in [6, 6.07) is 9.27. The van der Waals surface area contributed by atoms with Gasteiger partial charge >= 0.3 is 0 Å². The number of nitrogens with two attached hydrogens (primary N) is 1. The van der Waals surface area contributed by atoms with Crippen molar-refractivity contribution in [1.29, 1.82) is 0 Å². The third-order valence-electron chi connectivity index (χ3n) is 2.56. The second kappa shape index (κ2) is 6.74. The molecule has 0 fully saturated rings. The van der Waals surface area contributed by atoms with Crippen molar-refractivity contribution in [3.8, 4) is 0 Å². The van der Waals surface area contributed by atoms with E-state index in [2.05, 4.69) is 31.7 Å². The third-order valence-corrected chi connectivity index (χ3v) is 3.72. The fourth-order valence-electron chi connectivity index (χ4n) is 1.63. The predicted molar refractivity (Wildman–Crippen MR) is 85.9 cm³/mol. The van der Waals surface area contributed by atoms with Crippen molar-refractivity contribution in [3.63, 3.8) is 0 Å². The van der Waals surface area contributed by atoms with Crippen LogP contribution >= 0.6 is 27.7 Å². The van der Waals surface area contributed by atoms with Gasteiger partial charge in [0.05, 0.1) is 5.56 Å². The topological polar surface area (TPSA) is 80.0 Å². The summed E-state index contributed by atoms with van der Waals surface area (Å²) in [6.07, 6.45) is 3.55. The van der Waals surface area contributed by atoms with Gasteiger partial charge in [-0.05, 0) is 46.5 Å². The smallest absolute Gasteiger partial charge is 0.259 e. The van der Waals surface area contributed by atoms with Gasteiger partial charge in [0.1, 0.15) is 0 Å². The van der Waals surface area contributed by atoms with E-state index in [0.29, 0.717) is 15.9 Å². The molecular weight excluding hydrogens is 340 g/mol. The molecule has 104 valence electrons. The lowest BCUT2D eigenvalue weighted by Crippen LogP contribution is -2.18. The SMILES string of the molecule is CSc1cccc(NC(=O)c2cc(Br)cnc2NN)c1. The van der Waals surface area contributed by atoms with E-state index in [1.807, 2.05) is 30.5 Å². The summed E-state index contributed by atoms with van der Waals surface area (Å²) in [5.41, 5.74) is 3.51. The maximum Gasteiger partial charge on any atom is 0.259 e. The third kappa shape index (κ3) is 3.50. The molecule has 0 saturated carbocycles. The molecule has 2 aromatic rings. The first-order valence-corrected chi connectivity index (χ1v) is 7.73. The van der Waals surface area contributed by atoms with Gasteiger partial charge in [-0.15, -0.1) is 11.8 Å². The number of aromatic nitrogens is 1. The van der Waals surface area contributed by atoms with Crippen LogP contribution in [0.5, 0.6) is 0 Å². The van der Waals surface area contributed by atoms with Crippen molar-refractivity contribution < 1.29 is 4.79 Å². The molecule has 0 unspecified atom stereocenters. The number of halogens is 1. The molecule has 2 rings (SSSR count). The number of thioether (sulfide) groups is 1. The van der Waals surface area contributed by atoms with E-state index in [1.165, 1.54) is 0 Å². The highest BCUT2D eigenvalue weighted by Crippen LogP contribution is 2.22. The molecule has 0 saturated heterocycles. The fraction of sp³-hybridized carbons (Fsp3) is 0.0769. The van der Waals surface area contributed by atoms with Crippen molar-refractivity contribution >= 4 is 45.1 Å². The molecule has 20 heavy (non-hydrogen) atoms. The van der Waals surface area contributed by atoms with E-state index in [4.69, 9.17) is 5.84 Å². The van der Waals surface area contributed by atoms with Gasteiger partial charge in [0, 0.05) is 21.3 Å². The summed E-state index contributed by atoms with van der Waals surface area (Å²) in [4.78, 5) is 17.4. The van der Waals surface area contributed by atoms with Gasteiger partial charge in [0.2, 0.25) is 0 Å². The van der Waals surface area contributed by atoms with Crippen molar-refractivity contribution in [2.75, 3.05) is 17.0 Å². The van der Waals surface area contributed by atoms with E-state index < -0.39 is 0 Å². The molecule has 1 aromatic carbocycles. The highest BCUT2D eigenvalue weighted by molar-refractivity contribution is 9.10. The van der Waals surface area contributed by atoms with Crippen molar-refractivity contribution in [2.45, 2.75) is 4.90 Å². The maximum atomic E-state index is 12.3. The normalized spacial score (nSPS) is 10.2. The zero-order valence-corrected chi connectivity index (χ0v) is 13.1. The van der Waals surface area contributed by atoms with Crippen molar-refractivity contribution in [1.82, 2.24) is 4.98 Å².